The molecule has 0 radical (unpaired) electrons. The minimum atomic E-state index is 0.320. The highest BCUT2D eigenvalue weighted by Crippen LogP contribution is 2.29. The van der Waals surface area contributed by atoms with Gasteiger partial charge in [-0.2, -0.15) is 0 Å². The van der Waals surface area contributed by atoms with E-state index in [2.05, 4.69) is 30.9 Å². The number of nitrogens with one attached hydrogen (secondary N) is 4. The zero-order valence-corrected chi connectivity index (χ0v) is 22.8. The molecule has 0 spiro atoms. The van der Waals surface area contributed by atoms with Gasteiger partial charge in [0.05, 0.1) is 27.0 Å². The molecule has 11 heteroatoms. The summed E-state index contributed by atoms with van der Waals surface area (Å²) in [4.78, 5) is 17.0. The van der Waals surface area contributed by atoms with E-state index in [1.807, 2.05) is 56.4 Å². The van der Waals surface area contributed by atoms with Gasteiger partial charge in [-0.25, -0.2) is 9.97 Å². The van der Waals surface area contributed by atoms with Crippen LogP contribution >= 0.6 is 12.2 Å². The fourth-order valence-corrected chi connectivity index (χ4v) is 4.15. The van der Waals surface area contributed by atoms with Gasteiger partial charge in [-0.05, 0) is 74.4 Å². The van der Waals surface area contributed by atoms with E-state index < -0.39 is 0 Å². The average molecular weight is 534 g/mol. The quantitative estimate of drug-likeness (QED) is 0.146. The third kappa shape index (κ3) is 6.68. The fourth-order valence-electron chi connectivity index (χ4n) is 3.94. The minimum absolute atomic E-state index is 0.320. The molecule has 2 aromatic carbocycles. The molecule has 0 fully saturated rings. The predicted molar refractivity (Wildman–Crippen MR) is 155 cm³/mol. The smallest absolute Gasteiger partial charge is 0.229 e. The summed E-state index contributed by atoms with van der Waals surface area (Å²) in [6.45, 7) is 4.31. The van der Waals surface area contributed by atoms with E-state index in [1.165, 1.54) is 0 Å². The number of hydrogen-bond donors (Lipinski definition) is 4. The van der Waals surface area contributed by atoms with Crippen molar-refractivity contribution >= 4 is 45.8 Å². The Bertz CT molecular complexity index is 1450. The molecule has 10 nitrogen and oxygen atoms in total. The summed E-state index contributed by atoms with van der Waals surface area (Å²) < 4.78 is 16.1. The Morgan fingerprint density at radius 1 is 0.921 bits per heavy atom. The molecule has 0 atom stereocenters. The molecule has 4 aromatic rings. The topological polar surface area (TPSA) is 118 Å². The summed E-state index contributed by atoms with van der Waals surface area (Å²) in [7, 11) is 4.85. The summed E-state index contributed by atoms with van der Waals surface area (Å²) >= 11 is 5.58. The molecule has 0 aliphatic carbocycles. The van der Waals surface area contributed by atoms with E-state index in [0.29, 0.717) is 47.2 Å². The number of methoxy groups -OCH3 is 3. The van der Waals surface area contributed by atoms with E-state index in [4.69, 9.17) is 31.4 Å². The fraction of sp³-hybridized carbons (Fsp3) is 0.259. The number of H-pyrrole nitrogens is 1. The Kier molecular flexibility index (Phi) is 8.59. The van der Waals surface area contributed by atoms with Gasteiger partial charge in [0, 0.05) is 41.1 Å². The summed E-state index contributed by atoms with van der Waals surface area (Å²) in [5.74, 6) is 2.92. The van der Waals surface area contributed by atoms with Gasteiger partial charge in [0.2, 0.25) is 11.9 Å². The van der Waals surface area contributed by atoms with Crippen LogP contribution in [0.25, 0.3) is 10.9 Å². The van der Waals surface area contributed by atoms with Crippen LogP contribution in [0.3, 0.4) is 0 Å². The first-order valence-electron chi connectivity index (χ1n) is 12.0. The zero-order chi connectivity index (χ0) is 27.1. The number of anilines is 2. The number of aryl methyl sites for hydroxylation is 2. The first-order chi connectivity index (χ1) is 18.4. The van der Waals surface area contributed by atoms with Gasteiger partial charge in [0.25, 0.3) is 0 Å². The second-order valence-electron chi connectivity index (χ2n) is 8.45. The van der Waals surface area contributed by atoms with Gasteiger partial charge < -0.3 is 29.8 Å². The molecule has 38 heavy (non-hydrogen) atoms. The lowest BCUT2D eigenvalue weighted by molar-refractivity contribution is 0.395. The molecule has 0 saturated carbocycles. The predicted octanol–water partition coefficient (Wildman–Crippen LogP) is 4.60. The molecule has 0 saturated heterocycles. The molecule has 0 unspecified atom stereocenters. The normalized spacial score (nSPS) is 11.2. The van der Waals surface area contributed by atoms with Crippen molar-refractivity contribution in [3.8, 4) is 17.2 Å². The summed E-state index contributed by atoms with van der Waals surface area (Å²) in [6, 6.07) is 13.3. The Balaban J connectivity index is 1.53. The van der Waals surface area contributed by atoms with Crippen molar-refractivity contribution in [3.05, 3.63) is 65.6 Å². The number of aliphatic imine (C=N–C) groups is 1. The third-order valence-corrected chi connectivity index (χ3v) is 5.93. The van der Waals surface area contributed by atoms with Gasteiger partial charge in [-0.3, -0.25) is 10.3 Å². The lowest BCUT2D eigenvalue weighted by Gasteiger charge is -2.16. The van der Waals surface area contributed by atoms with E-state index in [0.717, 1.165) is 33.6 Å². The highest BCUT2D eigenvalue weighted by Gasteiger charge is 2.11. The molecule has 0 aliphatic heterocycles. The highest BCUT2D eigenvalue weighted by atomic mass is 32.1. The molecule has 2 aromatic heterocycles. The van der Waals surface area contributed by atoms with Crippen LogP contribution in [0.4, 0.5) is 11.6 Å². The number of thiocarbonyl (C=S) groups is 1. The maximum absolute atomic E-state index is 5.58. The second-order valence-corrected chi connectivity index (χ2v) is 8.86. The maximum atomic E-state index is 5.58. The van der Waals surface area contributed by atoms with Crippen LogP contribution < -0.4 is 30.2 Å². The van der Waals surface area contributed by atoms with Crippen molar-refractivity contribution < 1.29 is 14.2 Å². The van der Waals surface area contributed by atoms with E-state index >= 15 is 0 Å². The first-order valence-corrected chi connectivity index (χ1v) is 12.4. The number of fused-ring (bicyclic) bond motifs is 1. The Labute approximate surface area is 226 Å². The highest BCUT2D eigenvalue weighted by molar-refractivity contribution is 7.80. The number of aromatic nitrogens is 3. The summed E-state index contributed by atoms with van der Waals surface area (Å²) in [6.07, 6.45) is 2.69. The van der Waals surface area contributed by atoms with Crippen LogP contribution in [0.1, 0.15) is 17.0 Å². The van der Waals surface area contributed by atoms with E-state index in [-0.39, 0.29) is 0 Å². The maximum Gasteiger partial charge on any atom is 0.229 e. The third-order valence-electron chi connectivity index (χ3n) is 5.73. The van der Waals surface area contributed by atoms with Crippen LogP contribution in [0.2, 0.25) is 0 Å². The zero-order valence-electron chi connectivity index (χ0n) is 22.0. The Hall–Kier alpha value is -4.38. The number of nitrogens with zero attached hydrogens (tertiary/aromatic N) is 3. The number of rotatable bonds is 8. The monoisotopic (exact) mass is 533 g/mol. The molecule has 0 amide bonds. The minimum Gasteiger partial charge on any atom is -0.497 e. The first kappa shape index (κ1) is 26.7. The number of hydrogen-bond acceptors (Lipinski definition) is 7. The van der Waals surface area contributed by atoms with Crippen LogP contribution in [0.15, 0.2) is 53.7 Å². The van der Waals surface area contributed by atoms with E-state index in [1.54, 1.807) is 27.4 Å². The van der Waals surface area contributed by atoms with Crippen molar-refractivity contribution in [2.75, 3.05) is 38.5 Å². The summed E-state index contributed by atoms with van der Waals surface area (Å²) in [5.41, 5.74) is 4.55. The van der Waals surface area contributed by atoms with Crippen LogP contribution in [0.5, 0.6) is 17.2 Å². The lowest BCUT2D eigenvalue weighted by atomic mass is 10.1. The molecule has 4 N–H and O–H groups in total. The van der Waals surface area contributed by atoms with Gasteiger partial charge in [-0.15, -0.1) is 0 Å². The van der Waals surface area contributed by atoms with Gasteiger partial charge in [0.15, 0.2) is 5.11 Å². The van der Waals surface area contributed by atoms with Crippen LogP contribution in [0, 0.1) is 13.8 Å². The van der Waals surface area contributed by atoms with Crippen LogP contribution in [-0.2, 0) is 6.42 Å². The SMILES string of the molecule is COc1ccc(NC(=S)NC(=NCCc2c[nH]c3ccc(OC)cc23)Nc2nc(C)cc(C)n2)c(OC)c1. The van der Waals surface area contributed by atoms with Crippen molar-refractivity contribution in [1.82, 2.24) is 20.3 Å². The second kappa shape index (κ2) is 12.2. The lowest BCUT2D eigenvalue weighted by Crippen LogP contribution is -2.39. The molecular weight excluding hydrogens is 502 g/mol. The average Bonchev–Trinajstić information content (AvgIpc) is 3.30. The largest absolute Gasteiger partial charge is 0.497 e. The van der Waals surface area contributed by atoms with Crippen molar-refractivity contribution in [3.63, 3.8) is 0 Å². The Morgan fingerprint density at radius 3 is 2.34 bits per heavy atom. The summed E-state index contributed by atoms with van der Waals surface area (Å²) in [5, 5.41) is 10.9. The Morgan fingerprint density at radius 2 is 1.63 bits per heavy atom. The number of benzene rings is 2. The molecular formula is C27H31N7O3S. The number of aromatic amines is 1. The van der Waals surface area contributed by atoms with Crippen LogP contribution in [-0.4, -0.2) is 53.9 Å². The molecule has 0 aliphatic rings. The van der Waals surface area contributed by atoms with Gasteiger partial charge >= 0.3 is 0 Å². The van der Waals surface area contributed by atoms with E-state index in [9.17, 15) is 0 Å². The molecule has 4 rings (SSSR count). The molecule has 0 bridgehead atoms. The number of ether oxygens (including phenoxy) is 3. The van der Waals surface area contributed by atoms with Crippen molar-refractivity contribution in [2.24, 2.45) is 4.99 Å². The van der Waals surface area contributed by atoms with Gasteiger partial charge in [0.1, 0.15) is 17.2 Å². The van der Waals surface area contributed by atoms with Crippen molar-refractivity contribution in [2.45, 2.75) is 20.3 Å². The molecule has 198 valence electrons. The van der Waals surface area contributed by atoms with Crippen molar-refractivity contribution in [1.29, 1.82) is 0 Å². The number of guanidine groups is 1. The van der Waals surface area contributed by atoms with Gasteiger partial charge in [-0.1, -0.05) is 0 Å². The standard InChI is InChI=1S/C27H31N7O3S/c1-16-12-17(2)31-26(30-16)33-25(34-27(38)32-23-9-7-20(36-4)14-24(23)37-5)28-11-10-18-15-29-22-8-6-19(35-3)13-21(18)22/h6-9,12-15,29H,10-11H2,1-5H3,(H3,28,30,31,32,33,34,38). The molecule has 2 heterocycles.